The van der Waals surface area contributed by atoms with Crippen LogP contribution in [0.5, 0.6) is 5.75 Å². The second-order valence-electron chi connectivity index (χ2n) is 5.73. The van der Waals surface area contributed by atoms with Crippen molar-refractivity contribution in [3.8, 4) is 5.75 Å². The molecule has 0 unspecified atom stereocenters. The van der Waals surface area contributed by atoms with Crippen LogP contribution >= 0.6 is 27.5 Å². The van der Waals surface area contributed by atoms with Gasteiger partial charge in [0.05, 0.1) is 11.4 Å². The lowest BCUT2D eigenvalue weighted by atomic mass is 10.0. The van der Waals surface area contributed by atoms with Crippen molar-refractivity contribution < 1.29 is 4.74 Å². The Kier molecular flexibility index (Phi) is 4.87. The molecule has 0 aliphatic carbocycles. The van der Waals surface area contributed by atoms with Crippen LogP contribution in [-0.4, -0.2) is 18.2 Å². The fraction of sp³-hybridized carbons (Fsp3) is 0.0476. The first-order valence-corrected chi connectivity index (χ1v) is 9.27. The van der Waals surface area contributed by atoms with Gasteiger partial charge >= 0.3 is 0 Å². The summed E-state index contributed by atoms with van der Waals surface area (Å²) < 4.78 is 6.89. The van der Waals surface area contributed by atoms with Gasteiger partial charge in [0.1, 0.15) is 12.3 Å². The van der Waals surface area contributed by atoms with Crippen LogP contribution in [-0.2, 0) is 0 Å². The molecule has 3 nitrogen and oxygen atoms in total. The second kappa shape index (κ2) is 7.44. The third-order valence-corrected chi connectivity index (χ3v) is 4.76. The van der Waals surface area contributed by atoms with Crippen LogP contribution in [0.4, 0.5) is 5.69 Å². The van der Waals surface area contributed by atoms with Gasteiger partial charge in [-0.05, 0) is 36.4 Å². The fourth-order valence-electron chi connectivity index (χ4n) is 2.76. The number of aliphatic imine (C=N–C) groups is 2. The minimum Gasteiger partial charge on any atom is -0.441 e. The summed E-state index contributed by atoms with van der Waals surface area (Å²) in [4.78, 5) is 9.47. The molecular weight excluding hydrogens is 412 g/mol. The van der Waals surface area contributed by atoms with Crippen molar-refractivity contribution in [3.63, 3.8) is 0 Å². The number of fused-ring (bicyclic) bond motifs is 1. The maximum atomic E-state index is 6.42. The quantitative estimate of drug-likeness (QED) is 0.491. The predicted octanol–water partition coefficient (Wildman–Crippen LogP) is 6.06. The molecule has 1 aliphatic rings. The van der Waals surface area contributed by atoms with E-state index in [1.807, 2.05) is 72.8 Å². The Bertz CT molecular complexity index is 1020. The topological polar surface area (TPSA) is 34.0 Å². The molecule has 0 saturated carbocycles. The Morgan fingerprint density at radius 2 is 1.65 bits per heavy atom. The summed E-state index contributed by atoms with van der Waals surface area (Å²) in [6, 6.07) is 23.2. The molecule has 26 heavy (non-hydrogen) atoms. The monoisotopic (exact) mass is 424 g/mol. The Labute approximate surface area is 165 Å². The zero-order chi connectivity index (χ0) is 17.9. The van der Waals surface area contributed by atoms with Crippen LogP contribution in [0.3, 0.4) is 0 Å². The van der Waals surface area contributed by atoms with Crippen molar-refractivity contribution in [1.82, 2.24) is 0 Å². The zero-order valence-corrected chi connectivity index (χ0v) is 16.0. The summed E-state index contributed by atoms with van der Waals surface area (Å²) in [5, 5.41) is 0.657. The standard InChI is InChI=1S/C21H14BrClN2O/c22-14-10-11-19-17(12-14)21(16-8-4-5-9-18(16)23)24-13-20(25-19)26-15-6-2-1-3-7-15/h1-12H,13H2. The fourth-order valence-corrected chi connectivity index (χ4v) is 3.35. The number of hydrogen-bond acceptors (Lipinski definition) is 3. The van der Waals surface area contributed by atoms with E-state index < -0.39 is 0 Å². The largest absolute Gasteiger partial charge is 0.441 e. The van der Waals surface area contributed by atoms with Gasteiger partial charge in [-0.25, -0.2) is 4.99 Å². The normalized spacial score (nSPS) is 13.3. The lowest BCUT2D eigenvalue weighted by molar-refractivity contribution is 0.541. The van der Waals surface area contributed by atoms with E-state index in [-0.39, 0.29) is 0 Å². The summed E-state index contributed by atoms with van der Waals surface area (Å²) in [6.45, 7) is 0.335. The van der Waals surface area contributed by atoms with E-state index >= 15 is 0 Å². The number of hydrogen-bond donors (Lipinski definition) is 0. The van der Waals surface area contributed by atoms with E-state index in [9.17, 15) is 0 Å². The van der Waals surface area contributed by atoms with Crippen molar-refractivity contribution in [2.75, 3.05) is 6.54 Å². The highest BCUT2D eigenvalue weighted by molar-refractivity contribution is 9.10. The molecule has 1 aliphatic heterocycles. The molecule has 128 valence electrons. The lowest BCUT2D eigenvalue weighted by Gasteiger charge is -2.10. The number of benzene rings is 3. The number of halogens is 2. The van der Waals surface area contributed by atoms with Crippen molar-refractivity contribution in [2.24, 2.45) is 9.98 Å². The van der Waals surface area contributed by atoms with Gasteiger partial charge in [0, 0.05) is 20.6 Å². The minimum absolute atomic E-state index is 0.335. The van der Waals surface area contributed by atoms with Crippen LogP contribution in [0.25, 0.3) is 0 Å². The molecular formula is C21H14BrClN2O. The Hall–Kier alpha value is -2.43. The Morgan fingerprint density at radius 3 is 2.46 bits per heavy atom. The van der Waals surface area contributed by atoms with Gasteiger partial charge in [0.2, 0.25) is 5.90 Å². The van der Waals surface area contributed by atoms with E-state index in [1.165, 1.54) is 0 Å². The molecule has 0 saturated heterocycles. The van der Waals surface area contributed by atoms with Gasteiger partial charge in [-0.3, -0.25) is 4.99 Å². The molecule has 0 N–H and O–H groups in total. The average molecular weight is 426 g/mol. The third kappa shape index (κ3) is 3.57. The smallest absolute Gasteiger partial charge is 0.216 e. The van der Waals surface area contributed by atoms with E-state index in [0.717, 1.165) is 32.7 Å². The van der Waals surface area contributed by atoms with Gasteiger partial charge in [0.25, 0.3) is 0 Å². The van der Waals surface area contributed by atoms with Crippen molar-refractivity contribution in [1.29, 1.82) is 0 Å². The minimum atomic E-state index is 0.335. The van der Waals surface area contributed by atoms with Crippen LogP contribution in [0.2, 0.25) is 5.02 Å². The highest BCUT2D eigenvalue weighted by atomic mass is 79.9. The first-order chi connectivity index (χ1) is 12.7. The van der Waals surface area contributed by atoms with E-state index in [1.54, 1.807) is 0 Å². The molecule has 0 atom stereocenters. The molecule has 3 aromatic rings. The first kappa shape index (κ1) is 17.0. The molecule has 0 bridgehead atoms. The van der Waals surface area contributed by atoms with Gasteiger partial charge < -0.3 is 4.74 Å². The van der Waals surface area contributed by atoms with E-state index in [2.05, 4.69) is 15.9 Å². The maximum Gasteiger partial charge on any atom is 0.216 e. The van der Waals surface area contributed by atoms with Gasteiger partial charge in [-0.15, -0.1) is 0 Å². The summed E-state index contributed by atoms with van der Waals surface area (Å²) >= 11 is 9.96. The molecule has 0 radical (unpaired) electrons. The number of nitrogens with zero attached hydrogens (tertiary/aromatic N) is 2. The molecule has 5 heteroatoms. The summed E-state index contributed by atoms with van der Waals surface area (Å²) in [5.41, 5.74) is 3.40. The summed E-state index contributed by atoms with van der Waals surface area (Å²) in [7, 11) is 0. The highest BCUT2D eigenvalue weighted by Crippen LogP contribution is 2.31. The van der Waals surface area contributed by atoms with Crippen molar-refractivity contribution in [3.05, 3.63) is 93.4 Å². The Balaban J connectivity index is 1.80. The van der Waals surface area contributed by atoms with Gasteiger partial charge in [-0.2, -0.15) is 0 Å². The van der Waals surface area contributed by atoms with E-state index in [0.29, 0.717) is 17.5 Å². The van der Waals surface area contributed by atoms with Gasteiger partial charge in [-0.1, -0.05) is 63.9 Å². The molecule has 1 heterocycles. The van der Waals surface area contributed by atoms with Crippen LogP contribution < -0.4 is 4.74 Å². The average Bonchev–Trinajstić information content (AvgIpc) is 2.82. The molecule has 0 fully saturated rings. The van der Waals surface area contributed by atoms with Crippen molar-refractivity contribution >= 4 is 44.8 Å². The molecule has 0 spiro atoms. The first-order valence-electron chi connectivity index (χ1n) is 8.10. The van der Waals surface area contributed by atoms with E-state index in [4.69, 9.17) is 26.3 Å². The third-order valence-electron chi connectivity index (χ3n) is 3.94. The maximum absolute atomic E-state index is 6.42. The lowest BCUT2D eigenvalue weighted by Crippen LogP contribution is -2.12. The summed E-state index contributed by atoms with van der Waals surface area (Å²) in [5.74, 6) is 1.28. The molecule has 4 rings (SSSR count). The SMILES string of the molecule is Clc1ccccc1C1=NCC(Oc2ccccc2)=Nc2ccc(Br)cc21. The zero-order valence-electron chi connectivity index (χ0n) is 13.7. The molecule has 0 aromatic heterocycles. The second-order valence-corrected chi connectivity index (χ2v) is 7.05. The number of para-hydroxylation sites is 1. The predicted molar refractivity (Wildman–Crippen MR) is 110 cm³/mol. The van der Waals surface area contributed by atoms with Crippen LogP contribution in [0, 0.1) is 0 Å². The summed E-state index contributed by atoms with van der Waals surface area (Å²) in [6.07, 6.45) is 0. The number of ether oxygens (including phenoxy) is 1. The van der Waals surface area contributed by atoms with Crippen LogP contribution in [0.15, 0.2) is 87.3 Å². The highest BCUT2D eigenvalue weighted by Gasteiger charge is 2.19. The van der Waals surface area contributed by atoms with Gasteiger partial charge in [0.15, 0.2) is 0 Å². The Morgan fingerprint density at radius 1 is 0.885 bits per heavy atom. The van der Waals surface area contributed by atoms with Crippen LogP contribution in [0.1, 0.15) is 11.1 Å². The number of rotatable bonds is 2. The molecule has 0 amide bonds. The van der Waals surface area contributed by atoms with Crippen molar-refractivity contribution in [2.45, 2.75) is 0 Å². The molecule has 3 aromatic carbocycles.